The second-order valence-corrected chi connectivity index (χ2v) is 11.9. The van der Waals surface area contributed by atoms with Crippen molar-refractivity contribution in [1.29, 1.82) is 0 Å². The van der Waals surface area contributed by atoms with E-state index in [1.165, 1.54) is 11.1 Å². The first kappa shape index (κ1) is 34.8. The number of nitrogens with one attached hydrogen (secondary N) is 2. The average Bonchev–Trinajstić information content (AvgIpc) is 3.07. The number of hydrogen-bond acceptors (Lipinski definition) is 4. The zero-order valence-corrected chi connectivity index (χ0v) is 27.2. The highest BCUT2D eigenvalue weighted by Crippen LogP contribution is 2.40. The molecule has 0 saturated carbocycles. The van der Waals surface area contributed by atoms with Crippen molar-refractivity contribution in [2.24, 2.45) is 0 Å². The van der Waals surface area contributed by atoms with Crippen molar-refractivity contribution in [3.63, 3.8) is 0 Å². The predicted octanol–water partition coefficient (Wildman–Crippen LogP) is 7.31. The molecule has 2 aliphatic heterocycles. The number of rotatable bonds is 10. The van der Waals surface area contributed by atoms with E-state index in [0.717, 1.165) is 89.6 Å². The molecule has 0 radical (unpaired) electrons. The number of piperidine rings is 2. The standard InChI is InChI=1S/C29H34ClNO.C6H12N2O.C2H6/c1-2-28(24-10-5-3-6-11-24,25-12-7-4-8-13-25)18-9-21-31-22-19-29(32,20-23-31)26-14-16-27(30)17-15-26;9-5-8-6-1-3-7-4-2-6;1-2/h3-8,10-17,32H,2,9,18-23H2,1H3;5-7H,1-4H2,(H,8,9);1-2H3. The lowest BCUT2D eigenvalue weighted by Gasteiger charge is -2.39. The second kappa shape index (κ2) is 18.2. The highest BCUT2D eigenvalue weighted by Gasteiger charge is 2.35. The van der Waals surface area contributed by atoms with Gasteiger partial charge in [-0.05, 0) is 93.4 Å². The molecule has 3 aromatic rings. The third-order valence-electron chi connectivity index (χ3n) is 9.04. The molecule has 3 aromatic carbocycles. The van der Waals surface area contributed by atoms with Gasteiger partial charge in [-0.15, -0.1) is 0 Å². The van der Waals surface area contributed by atoms with Crippen LogP contribution in [0.25, 0.3) is 0 Å². The number of likely N-dealkylation sites (tertiary alicyclic amines) is 1. The molecule has 5 nitrogen and oxygen atoms in total. The Morgan fingerprint density at radius 3 is 1.95 bits per heavy atom. The smallest absolute Gasteiger partial charge is 0.207 e. The van der Waals surface area contributed by atoms with E-state index in [1.54, 1.807) is 0 Å². The van der Waals surface area contributed by atoms with Gasteiger partial charge in [0.05, 0.1) is 5.60 Å². The third kappa shape index (κ3) is 9.90. The van der Waals surface area contributed by atoms with E-state index in [9.17, 15) is 9.90 Å². The first-order chi connectivity index (χ1) is 21.0. The van der Waals surface area contributed by atoms with Gasteiger partial charge in [-0.3, -0.25) is 4.79 Å². The van der Waals surface area contributed by atoms with Gasteiger partial charge < -0.3 is 20.6 Å². The summed E-state index contributed by atoms with van der Waals surface area (Å²) in [4.78, 5) is 12.5. The fourth-order valence-electron chi connectivity index (χ4n) is 6.44. The maximum atomic E-state index is 11.2. The van der Waals surface area contributed by atoms with Crippen molar-refractivity contribution >= 4 is 18.0 Å². The third-order valence-corrected chi connectivity index (χ3v) is 9.29. The number of carbonyl (C=O) groups is 1. The molecule has 3 N–H and O–H groups in total. The first-order valence-corrected chi connectivity index (χ1v) is 16.6. The molecule has 2 aliphatic rings. The molecule has 0 spiro atoms. The van der Waals surface area contributed by atoms with E-state index in [4.69, 9.17) is 11.6 Å². The lowest BCUT2D eigenvalue weighted by Crippen LogP contribution is -2.43. The van der Waals surface area contributed by atoms with Crippen LogP contribution in [-0.2, 0) is 15.8 Å². The Hall–Kier alpha value is -2.70. The van der Waals surface area contributed by atoms with Crippen LogP contribution in [-0.4, -0.2) is 55.2 Å². The summed E-state index contributed by atoms with van der Waals surface area (Å²) >= 11 is 6.02. The Morgan fingerprint density at radius 1 is 0.930 bits per heavy atom. The lowest BCUT2D eigenvalue weighted by molar-refractivity contribution is -0.110. The van der Waals surface area contributed by atoms with Crippen molar-refractivity contribution in [3.8, 4) is 0 Å². The molecule has 234 valence electrons. The van der Waals surface area contributed by atoms with Crippen molar-refractivity contribution < 1.29 is 9.90 Å². The number of aliphatic hydroxyl groups is 1. The molecule has 2 fully saturated rings. The minimum absolute atomic E-state index is 0.0440. The van der Waals surface area contributed by atoms with Crippen molar-refractivity contribution in [3.05, 3.63) is 107 Å². The molecule has 0 aliphatic carbocycles. The molecule has 0 aromatic heterocycles. The summed E-state index contributed by atoms with van der Waals surface area (Å²) in [7, 11) is 0. The summed E-state index contributed by atoms with van der Waals surface area (Å²) in [5, 5.41) is 17.9. The number of hydrogen-bond donors (Lipinski definition) is 3. The van der Waals surface area contributed by atoms with Crippen LogP contribution in [0.4, 0.5) is 0 Å². The predicted molar refractivity (Wildman–Crippen MR) is 181 cm³/mol. The van der Waals surface area contributed by atoms with Crippen LogP contribution in [0.3, 0.4) is 0 Å². The Kier molecular flexibility index (Phi) is 14.7. The highest BCUT2D eigenvalue weighted by atomic mass is 35.5. The van der Waals surface area contributed by atoms with Gasteiger partial charge in [-0.2, -0.15) is 0 Å². The maximum Gasteiger partial charge on any atom is 0.207 e. The molecular formula is C37H52ClN3O2. The van der Waals surface area contributed by atoms with Gasteiger partial charge in [0.15, 0.2) is 0 Å². The van der Waals surface area contributed by atoms with Gasteiger partial charge in [0.2, 0.25) is 6.41 Å². The summed E-state index contributed by atoms with van der Waals surface area (Å²) in [6.07, 6.45) is 7.80. The number of benzene rings is 3. The van der Waals surface area contributed by atoms with E-state index >= 15 is 0 Å². The molecule has 1 amide bonds. The van der Waals surface area contributed by atoms with Gasteiger partial charge in [-0.25, -0.2) is 0 Å². The van der Waals surface area contributed by atoms with Crippen LogP contribution in [0.1, 0.15) is 82.4 Å². The Labute approximate surface area is 265 Å². The number of carbonyl (C=O) groups excluding carboxylic acids is 1. The molecule has 2 heterocycles. The van der Waals surface area contributed by atoms with Gasteiger partial charge >= 0.3 is 0 Å². The second-order valence-electron chi connectivity index (χ2n) is 11.5. The fourth-order valence-corrected chi connectivity index (χ4v) is 6.57. The Balaban J connectivity index is 0.000000390. The van der Waals surface area contributed by atoms with Crippen LogP contribution >= 0.6 is 11.6 Å². The SMILES string of the molecule is CC.CCC(CCCN1CCC(O)(c2ccc(Cl)cc2)CC1)(c1ccccc1)c1ccccc1.O=CNC1CCNCC1. The number of halogens is 1. The molecule has 0 bridgehead atoms. The van der Waals surface area contributed by atoms with Crippen LogP contribution < -0.4 is 10.6 Å². The maximum absolute atomic E-state index is 11.2. The molecule has 0 unspecified atom stereocenters. The van der Waals surface area contributed by atoms with E-state index in [0.29, 0.717) is 11.1 Å². The largest absolute Gasteiger partial charge is 0.385 e. The molecular weight excluding hydrogens is 554 g/mol. The van der Waals surface area contributed by atoms with Crippen molar-refractivity contribution in [2.45, 2.75) is 82.8 Å². The number of nitrogens with zero attached hydrogens (tertiary/aromatic N) is 1. The van der Waals surface area contributed by atoms with Gasteiger partial charge in [0.25, 0.3) is 0 Å². The van der Waals surface area contributed by atoms with Crippen LogP contribution in [0.5, 0.6) is 0 Å². The molecule has 5 rings (SSSR count). The molecule has 43 heavy (non-hydrogen) atoms. The van der Waals surface area contributed by atoms with Crippen LogP contribution in [0.2, 0.25) is 5.02 Å². The highest BCUT2D eigenvalue weighted by molar-refractivity contribution is 6.30. The average molecular weight is 606 g/mol. The summed E-state index contributed by atoms with van der Waals surface area (Å²) in [5.74, 6) is 0. The summed E-state index contributed by atoms with van der Waals surface area (Å²) in [5.41, 5.74) is 3.11. The van der Waals surface area contributed by atoms with E-state index in [1.807, 2.05) is 38.1 Å². The fraction of sp³-hybridized carbons (Fsp3) is 0.486. The normalized spacial score (nSPS) is 17.0. The summed E-state index contributed by atoms with van der Waals surface area (Å²) in [6, 6.07) is 30.1. The van der Waals surface area contributed by atoms with Crippen LogP contribution in [0.15, 0.2) is 84.9 Å². The van der Waals surface area contributed by atoms with Gasteiger partial charge in [-0.1, -0.05) is 105 Å². The zero-order chi connectivity index (χ0) is 31.0. The number of amides is 1. The molecule has 2 saturated heterocycles. The quantitative estimate of drug-likeness (QED) is 0.212. The summed E-state index contributed by atoms with van der Waals surface area (Å²) in [6.45, 7) is 11.3. The topological polar surface area (TPSA) is 64.6 Å². The van der Waals surface area contributed by atoms with Gasteiger partial charge in [0, 0.05) is 29.6 Å². The van der Waals surface area contributed by atoms with Gasteiger partial charge in [0.1, 0.15) is 0 Å². The minimum atomic E-state index is -0.734. The zero-order valence-electron chi connectivity index (χ0n) is 26.4. The van der Waals surface area contributed by atoms with Crippen molar-refractivity contribution in [1.82, 2.24) is 15.5 Å². The van der Waals surface area contributed by atoms with Crippen molar-refractivity contribution in [2.75, 3.05) is 32.7 Å². The Morgan fingerprint density at radius 2 is 1.47 bits per heavy atom. The van der Waals surface area contributed by atoms with E-state index in [-0.39, 0.29) is 5.41 Å². The first-order valence-electron chi connectivity index (χ1n) is 16.2. The van der Waals surface area contributed by atoms with Crippen LogP contribution in [0, 0.1) is 0 Å². The lowest BCUT2D eigenvalue weighted by atomic mass is 9.69. The Bertz CT molecular complexity index is 1120. The minimum Gasteiger partial charge on any atom is -0.385 e. The van der Waals surface area contributed by atoms with E-state index < -0.39 is 5.60 Å². The monoisotopic (exact) mass is 605 g/mol. The molecule has 0 atom stereocenters. The molecule has 6 heteroatoms. The van der Waals surface area contributed by atoms with E-state index in [2.05, 4.69) is 83.1 Å². The summed E-state index contributed by atoms with van der Waals surface area (Å²) < 4.78 is 0.